The van der Waals surface area contributed by atoms with Crippen LogP contribution in [0.4, 0.5) is 17.6 Å². The van der Waals surface area contributed by atoms with Gasteiger partial charge in [0.05, 0.1) is 0 Å². The fourth-order valence-corrected chi connectivity index (χ4v) is 2.82. The average Bonchev–Trinajstić information content (AvgIpc) is 2.58. The van der Waals surface area contributed by atoms with Crippen LogP contribution in [0.2, 0.25) is 0 Å². The molecule has 0 atom stereocenters. The van der Waals surface area contributed by atoms with E-state index in [4.69, 9.17) is 0 Å². The molecule has 0 aliphatic carbocycles. The number of rotatable bonds is 2. The molecule has 0 N–H and O–H groups in total. The molecule has 0 amide bonds. The van der Waals surface area contributed by atoms with Crippen LogP contribution in [0.15, 0.2) is 47.5 Å². The van der Waals surface area contributed by atoms with Crippen molar-refractivity contribution in [1.29, 1.82) is 0 Å². The van der Waals surface area contributed by atoms with Gasteiger partial charge >= 0.3 is 0 Å². The van der Waals surface area contributed by atoms with E-state index in [1.807, 2.05) is 4.90 Å². The van der Waals surface area contributed by atoms with Gasteiger partial charge in [0.2, 0.25) is 0 Å². The van der Waals surface area contributed by atoms with Crippen molar-refractivity contribution >= 4 is 17.9 Å². The molecule has 3 rings (SSSR count). The molecular weight excluding hydrogens is 346 g/mol. The third kappa shape index (κ3) is 3.91. The highest BCUT2D eigenvalue weighted by atomic mass is 19.2. The highest BCUT2D eigenvalue weighted by Gasteiger charge is 2.24. The lowest BCUT2D eigenvalue weighted by Crippen LogP contribution is -2.34. The maximum absolute atomic E-state index is 13.4. The van der Waals surface area contributed by atoms with Gasteiger partial charge in [-0.15, -0.1) is 0 Å². The summed E-state index contributed by atoms with van der Waals surface area (Å²) in [6.07, 6.45) is 3.00. The summed E-state index contributed by atoms with van der Waals surface area (Å²) >= 11 is 0. The molecule has 2 aromatic rings. The molecular formula is C20H15F4NO. The summed E-state index contributed by atoms with van der Waals surface area (Å²) in [4.78, 5) is 14.5. The van der Waals surface area contributed by atoms with E-state index in [1.54, 1.807) is 7.05 Å². The molecule has 6 heteroatoms. The third-order valence-corrected chi connectivity index (χ3v) is 4.03. The van der Waals surface area contributed by atoms with Gasteiger partial charge in [-0.2, -0.15) is 0 Å². The van der Waals surface area contributed by atoms with Crippen LogP contribution < -0.4 is 0 Å². The molecule has 0 saturated carbocycles. The largest absolute Gasteiger partial charge is 0.298 e. The first-order chi connectivity index (χ1) is 12.3. The van der Waals surface area contributed by atoms with Crippen molar-refractivity contribution in [3.8, 4) is 0 Å². The fourth-order valence-electron chi connectivity index (χ4n) is 2.82. The number of nitrogens with zero attached hydrogens (tertiary/aromatic N) is 1. The van der Waals surface area contributed by atoms with Crippen LogP contribution in [0, 0.1) is 23.3 Å². The van der Waals surface area contributed by atoms with E-state index in [2.05, 4.69) is 0 Å². The van der Waals surface area contributed by atoms with E-state index in [9.17, 15) is 22.4 Å². The highest BCUT2D eigenvalue weighted by molar-refractivity contribution is 6.14. The van der Waals surface area contributed by atoms with E-state index in [-0.39, 0.29) is 5.78 Å². The van der Waals surface area contributed by atoms with Crippen molar-refractivity contribution < 1.29 is 22.4 Å². The molecule has 26 heavy (non-hydrogen) atoms. The second-order valence-electron chi connectivity index (χ2n) is 6.19. The Labute approximate surface area is 148 Å². The smallest absolute Gasteiger partial charge is 0.187 e. The van der Waals surface area contributed by atoms with Crippen molar-refractivity contribution in [3.05, 3.63) is 81.9 Å². The zero-order chi connectivity index (χ0) is 18.8. The van der Waals surface area contributed by atoms with Crippen molar-refractivity contribution in [1.82, 2.24) is 4.90 Å². The van der Waals surface area contributed by atoms with Crippen LogP contribution in [0.3, 0.4) is 0 Å². The molecule has 0 radical (unpaired) electrons. The Morgan fingerprint density at radius 3 is 1.58 bits per heavy atom. The molecule has 1 aliphatic heterocycles. The Bertz CT molecular complexity index is 860. The van der Waals surface area contributed by atoms with Crippen LogP contribution in [-0.4, -0.2) is 30.8 Å². The average molecular weight is 361 g/mol. The van der Waals surface area contributed by atoms with Crippen molar-refractivity contribution in [2.24, 2.45) is 0 Å². The number of hydrogen-bond acceptors (Lipinski definition) is 2. The molecule has 1 aliphatic rings. The quantitative estimate of drug-likeness (QED) is 0.590. The molecule has 0 unspecified atom stereocenters. The summed E-state index contributed by atoms with van der Waals surface area (Å²) in [6.45, 7) is 0.680. The first-order valence-electron chi connectivity index (χ1n) is 7.88. The molecule has 1 saturated heterocycles. The van der Waals surface area contributed by atoms with Gasteiger partial charge in [0.15, 0.2) is 29.1 Å². The zero-order valence-electron chi connectivity index (χ0n) is 13.9. The summed E-state index contributed by atoms with van der Waals surface area (Å²) in [5, 5.41) is 0. The summed E-state index contributed by atoms with van der Waals surface area (Å²) in [5.41, 5.74) is 1.54. The Hall–Kier alpha value is -2.73. The molecule has 0 aromatic heterocycles. The first kappa shape index (κ1) is 18.1. The van der Waals surface area contributed by atoms with Crippen LogP contribution in [0.1, 0.15) is 11.1 Å². The monoisotopic (exact) mass is 361 g/mol. The topological polar surface area (TPSA) is 20.3 Å². The Morgan fingerprint density at radius 2 is 1.19 bits per heavy atom. The van der Waals surface area contributed by atoms with Crippen LogP contribution in [0.25, 0.3) is 12.2 Å². The number of Topliss-reactive ketones (excluding diaryl/α,β-unsaturated/α-hetero) is 1. The van der Waals surface area contributed by atoms with E-state index in [0.29, 0.717) is 35.4 Å². The summed E-state index contributed by atoms with van der Waals surface area (Å²) in [7, 11) is 1.80. The number of carbonyl (C=O) groups is 1. The second kappa shape index (κ2) is 7.25. The van der Waals surface area contributed by atoms with Gasteiger partial charge in [0.1, 0.15) is 0 Å². The molecule has 0 spiro atoms. The first-order valence-corrected chi connectivity index (χ1v) is 7.88. The Kier molecular flexibility index (Phi) is 5.04. The van der Waals surface area contributed by atoms with Gasteiger partial charge in [0.25, 0.3) is 0 Å². The van der Waals surface area contributed by atoms with Gasteiger partial charge in [-0.25, -0.2) is 17.6 Å². The molecule has 1 heterocycles. The number of ketones is 1. The molecule has 2 aromatic carbocycles. The van der Waals surface area contributed by atoms with Gasteiger partial charge in [-0.05, 0) is 54.6 Å². The summed E-state index contributed by atoms with van der Waals surface area (Å²) < 4.78 is 52.8. The minimum Gasteiger partial charge on any atom is -0.298 e. The minimum atomic E-state index is -0.992. The lowest BCUT2D eigenvalue weighted by atomic mass is 9.94. The van der Waals surface area contributed by atoms with Crippen LogP contribution in [0.5, 0.6) is 0 Å². The summed E-state index contributed by atoms with van der Waals surface area (Å²) in [6, 6.07) is 6.79. The van der Waals surface area contributed by atoms with Crippen LogP contribution in [-0.2, 0) is 4.79 Å². The van der Waals surface area contributed by atoms with Gasteiger partial charge in [-0.3, -0.25) is 9.69 Å². The molecule has 1 fully saturated rings. The SMILES string of the molecule is CN1CC(=Cc2ccc(F)c(F)c2)C(=O)C(=Cc2ccc(F)c(F)c2)C1. The maximum atomic E-state index is 13.4. The number of piperidine rings is 1. The molecule has 2 nitrogen and oxygen atoms in total. The summed E-state index contributed by atoms with van der Waals surface area (Å²) in [5.74, 6) is -4.17. The lowest BCUT2D eigenvalue weighted by Gasteiger charge is -2.26. The Morgan fingerprint density at radius 1 is 0.769 bits per heavy atom. The third-order valence-electron chi connectivity index (χ3n) is 4.03. The predicted molar refractivity (Wildman–Crippen MR) is 91.2 cm³/mol. The van der Waals surface area contributed by atoms with Gasteiger partial charge in [-0.1, -0.05) is 12.1 Å². The second-order valence-corrected chi connectivity index (χ2v) is 6.19. The number of carbonyl (C=O) groups excluding carboxylic acids is 1. The van der Waals surface area contributed by atoms with E-state index < -0.39 is 23.3 Å². The number of likely N-dealkylation sites (tertiary alicyclic amines) is 1. The van der Waals surface area contributed by atoms with Gasteiger partial charge in [0, 0.05) is 24.2 Å². The number of benzene rings is 2. The van der Waals surface area contributed by atoms with Crippen molar-refractivity contribution in [3.63, 3.8) is 0 Å². The van der Waals surface area contributed by atoms with Crippen molar-refractivity contribution in [2.75, 3.05) is 20.1 Å². The normalized spacial score (nSPS) is 18.7. The standard InChI is InChI=1S/C20H15F4NO/c1-25-10-14(6-12-2-4-16(21)18(23)8-12)20(26)15(11-25)7-13-3-5-17(22)19(24)9-13/h2-9H,10-11H2,1H3. The van der Waals surface area contributed by atoms with E-state index >= 15 is 0 Å². The number of likely N-dealkylation sites (N-methyl/N-ethyl adjacent to an activating group) is 1. The molecule has 134 valence electrons. The minimum absolute atomic E-state index is 0.266. The number of halogens is 4. The lowest BCUT2D eigenvalue weighted by molar-refractivity contribution is -0.113. The highest BCUT2D eigenvalue weighted by Crippen LogP contribution is 2.22. The number of hydrogen-bond donors (Lipinski definition) is 0. The van der Waals surface area contributed by atoms with Crippen molar-refractivity contribution in [2.45, 2.75) is 0 Å². The zero-order valence-corrected chi connectivity index (χ0v) is 13.9. The Balaban J connectivity index is 1.94. The maximum Gasteiger partial charge on any atom is 0.187 e. The molecule has 0 bridgehead atoms. The fraction of sp³-hybridized carbons (Fsp3) is 0.150. The van der Waals surface area contributed by atoms with E-state index in [0.717, 1.165) is 24.3 Å². The van der Waals surface area contributed by atoms with Gasteiger partial charge < -0.3 is 0 Å². The van der Waals surface area contributed by atoms with E-state index in [1.165, 1.54) is 24.3 Å². The van der Waals surface area contributed by atoms with Crippen LogP contribution >= 0.6 is 0 Å². The predicted octanol–water partition coefficient (Wildman–Crippen LogP) is 4.22.